The van der Waals surface area contributed by atoms with Crippen molar-refractivity contribution in [2.45, 2.75) is 26.7 Å². The minimum absolute atomic E-state index is 0.296. The Bertz CT molecular complexity index is 287. The summed E-state index contributed by atoms with van der Waals surface area (Å²) in [5.41, 5.74) is 1.21. The molecule has 0 rings (SSSR count). The molecule has 0 aliphatic rings. The minimum Gasteiger partial charge on any atom is -0.495 e. The summed E-state index contributed by atoms with van der Waals surface area (Å²) in [6.45, 7) is 5.91. The number of hydrogen-bond acceptors (Lipinski definition) is 3. The number of nitrogens with zero attached hydrogens (tertiary/aromatic N) is 1. The second-order valence-electron chi connectivity index (χ2n) is 5.37. The van der Waals surface area contributed by atoms with Crippen molar-refractivity contribution >= 4 is 11.9 Å². The molecule has 6 nitrogen and oxygen atoms in total. The van der Waals surface area contributed by atoms with Crippen LogP contribution in [0.4, 0.5) is 0 Å². The molecular formula is C13H26NO5+. The SMILES string of the molecule is CC(C)=COCC[N+](C)(C)C.O=C(O)CCC(=O)O. The number of carboxylic acid groups (broad SMARTS) is 2. The van der Waals surface area contributed by atoms with Gasteiger partial charge in [-0.2, -0.15) is 0 Å². The topological polar surface area (TPSA) is 83.8 Å². The third-order valence-electron chi connectivity index (χ3n) is 1.75. The Hall–Kier alpha value is -1.56. The van der Waals surface area contributed by atoms with Crippen molar-refractivity contribution in [3.8, 4) is 0 Å². The number of rotatable bonds is 7. The highest BCUT2D eigenvalue weighted by molar-refractivity contribution is 5.75. The first-order chi connectivity index (χ1) is 8.54. The molecule has 0 atom stereocenters. The Morgan fingerprint density at radius 2 is 1.47 bits per heavy atom. The van der Waals surface area contributed by atoms with Crippen molar-refractivity contribution < 1.29 is 29.0 Å². The van der Waals surface area contributed by atoms with Gasteiger partial charge in [-0.05, 0) is 19.4 Å². The molecular weight excluding hydrogens is 250 g/mol. The normalized spacial score (nSPS) is 9.95. The van der Waals surface area contributed by atoms with Crippen LogP contribution in [0.15, 0.2) is 11.8 Å². The summed E-state index contributed by atoms with van der Waals surface area (Å²) in [7, 11) is 6.48. The van der Waals surface area contributed by atoms with Crippen molar-refractivity contribution in [3.05, 3.63) is 11.8 Å². The van der Waals surface area contributed by atoms with E-state index in [2.05, 4.69) is 21.1 Å². The number of carbonyl (C=O) groups is 2. The van der Waals surface area contributed by atoms with Crippen LogP contribution in [0.25, 0.3) is 0 Å². The van der Waals surface area contributed by atoms with E-state index in [0.29, 0.717) is 0 Å². The molecule has 0 saturated heterocycles. The van der Waals surface area contributed by atoms with Gasteiger partial charge in [0.05, 0.1) is 40.2 Å². The van der Waals surface area contributed by atoms with Crippen LogP contribution in [-0.4, -0.2) is 60.9 Å². The molecule has 6 heteroatoms. The Morgan fingerprint density at radius 1 is 1.05 bits per heavy atom. The maximum absolute atomic E-state index is 9.64. The van der Waals surface area contributed by atoms with Crippen LogP contribution in [0.2, 0.25) is 0 Å². The third-order valence-corrected chi connectivity index (χ3v) is 1.75. The zero-order chi connectivity index (χ0) is 15.5. The number of carboxylic acids is 2. The first kappa shape index (κ1) is 19.8. The molecule has 0 saturated carbocycles. The van der Waals surface area contributed by atoms with Crippen LogP contribution in [-0.2, 0) is 14.3 Å². The Balaban J connectivity index is 0. The van der Waals surface area contributed by atoms with Gasteiger partial charge >= 0.3 is 11.9 Å². The third kappa shape index (κ3) is 26.2. The fourth-order valence-corrected chi connectivity index (χ4v) is 0.766. The molecule has 112 valence electrons. The first-order valence-electron chi connectivity index (χ1n) is 6.03. The maximum Gasteiger partial charge on any atom is 0.303 e. The van der Waals surface area contributed by atoms with Gasteiger partial charge in [-0.3, -0.25) is 9.59 Å². The molecule has 19 heavy (non-hydrogen) atoms. The predicted molar refractivity (Wildman–Crippen MR) is 72.8 cm³/mol. The smallest absolute Gasteiger partial charge is 0.303 e. The minimum atomic E-state index is -1.08. The van der Waals surface area contributed by atoms with Crippen molar-refractivity contribution in [2.75, 3.05) is 34.3 Å². The monoisotopic (exact) mass is 276 g/mol. The number of ether oxygens (including phenoxy) is 1. The fraction of sp³-hybridized carbons (Fsp3) is 0.692. The quantitative estimate of drug-likeness (QED) is 0.419. The lowest BCUT2D eigenvalue weighted by Crippen LogP contribution is -2.37. The molecule has 0 amide bonds. The van der Waals surface area contributed by atoms with Crippen LogP contribution in [0.1, 0.15) is 26.7 Å². The van der Waals surface area contributed by atoms with E-state index in [0.717, 1.165) is 17.6 Å². The van der Waals surface area contributed by atoms with Crippen LogP contribution < -0.4 is 0 Å². The first-order valence-corrected chi connectivity index (χ1v) is 6.03. The van der Waals surface area contributed by atoms with Gasteiger partial charge in [0.15, 0.2) is 0 Å². The summed E-state index contributed by atoms with van der Waals surface area (Å²) in [5.74, 6) is -2.15. The van der Waals surface area contributed by atoms with Gasteiger partial charge < -0.3 is 19.4 Å². The van der Waals surface area contributed by atoms with Gasteiger partial charge in [0.1, 0.15) is 13.2 Å². The molecule has 0 bridgehead atoms. The molecule has 0 aliphatic carbocycles. The molecule has 0 radical (unpaired) electrons. The molecule has 0 unspecified atom stereocenters. The van der Waals surface area contributed by atoms with Crippen LogP contribution in [0.5, 0.6) is 0 Å². The van der Waals surface area contributed by atoms with E-state index >= 15 is 0 Å². The lowest BCUT2D eigenvalue weighted by molar-refractivity contribution is -0.870. The lowest BCUT2D eigenvalue weighted by atomic mass is 10.3. The summed E-state index contributed by atoms with van der Waals surface area (Å²) in [6.07, 6.45) is 1.22. The molecule has 0 heterocycles. The second-order valence-corrected chi connectivity index (χ2v) is 5.37. The van der Waals surface area contributed by atoms with Gasteiger partial charge in [-0.25, -0.2) is 0 Å². The highest BCUT2D eigenvalue weighted by Gasteiger charge is 2.04. The Labute approximate surface area is 114 Å². The van der Waals surface area contributed by atoms with E-state index < -0.39 is 11.9 Å². The number of quaternary nitrogens is 1. The summed E-state index contributed by atoms with van der Waals surface area (Å²) in [5, 5.41) is 15.8. The highest BCUT2D eigenvalue weighted by atomic mass is 16.5. The van der Waals surface area contributed by atoms with Gasteiger partial charge in [0.25, 0.3) is 0 Å². The van der Waals surface area contributed by atoms with E-state index in [4.69, 9.17) is 14.9 Å². The summed E-state index contributed by atoms with van der Waals surface area (Å²) in [4.78, 5) is 19.3. The Kier molecular flexibility index (Phi) is 10.8. The second kappa shape index (κ2) is 10.4. The van der Waals surface area contributed by atoms with Crippen LogP contribution in [0, 0.1) is 0 Å². The number of aliphatic carboxylic acids is 2. The molecule has 0 spiro atoms. The predicted octanol–water partition coefficient (Wildman–Crippen LogP) is 1.57. The Morgan fingerprint density at radius 3 is 1.74 bits per heavy atom. The van der Waals surface area contributed by atoms with E-state index in [1.54, 1.807) is 0 Å². The molecule has 0 aromatic rings. The molecule has 0 aliphatic heterocycles. The average Bonchev–Trinajstić information content (AvgIpc) is 2.21. The number of allylic oxidation sites excluding steroid dienone is 1. The van der Waals surface area contributed by atoms with Gasteiger partial charge in [-0.15, -0.1) is 0 Å². The molecule has 0 aromatic heterocycles. The zero-order valence-corrected chi connectivity index (χ0v) is 12.5. The van der Waals surface area contributed by atoms with E-state index in [1.807, 2.05) is 20.1 Å². The van der Waals surface area contributed by atoms with Crippen molar-refractivity contribution in [3.63, 3.8) is 0 Å². The van der Waals surface area contributed by atoms with Crippen LogP contribution >= 0.6 is 0 Å². The standard InChI is InChI=1S/C9H20NO.C4H6O4/c1-9(2)8-11-7-6-10(3,4)5;5-3(6)1-2-4(7)8/h8H,6-7H2,1-5H3;1-2H2,(H,5,6)(H,7,8)/q+1;. The summed E-state index contributed by atoms with van der Waals surface area (Å²) >= 11 is 0. The van der Waals surface area contributed by atoms with Crippen molar-refractivity contribution in [1.29, 1.82) is 0 Å². The zero-order valence-electron chi connectivity index (χ0n) is 12.5. The highest BCUT2D eigenvalue weighted by Crippen LogP contribution is 1.92. The van der Waals surface area contributed by atoms with E-state index in [-0.39, 0.29) is 12.8 Å². The van der Waals surface area contributed by atoms with Gasteiger partial charge in [0, 0.05) is 0 Å². The fourth-order valence-electron chi connectivity index (χ4n) is 0.766. The molecule has 0 aromatic carbocycles. The van der Waals surface area contributed by atoms with E-state index in [1.165, 1.54) is 5.57 Å². The largest absolute Gasteiger partial charge is 0.495 e. The number of hydrogen-bond donors (Lipinski definition) is 2. The number of likely N-dealkylation sites (N-methyl/N-ethyl adjacent to an activating group) is 1. The van der Waals surface area contributed by atoms with Gasteiger partial charge in [-0.1, -0.05) is 0 Å². The molecule has 0 fully saturated rings. The molecule has 2 N–H and O–H groups in total. The van der Waals surface area contributed by atoms with Crippen molar-refractivity contribution in [1.82, 2.24) is 0 Å². The van der Waals surface area contributed by atoms with Crippen molar-refractivity contribution in [2.24, 2.45) is 0 Å². The van der Waals surface area contributed by atoms with Crippen LogP contribution in [0.3, 0.4) is 0 Å². The van der Waals surface area contributed by atoms with E-state index in [9.17, 15) is 9.59 Å². The summed E-state index contributed by atoms with van der Waals surface area (Å²) < 4.78 is 6.25. The summed E-state index contributed by atoms with van der Waals surface area (Å²) in [6, 6.07) is 0. The van der Waals surface area contributed by atoms with Gasteiger partial charge in [0.2, 0.25) is 0 Å². The average molecular weight is 276 g/mol. The maximum atomic E-state index is 9.64. The lowest BCUT2D eigenvalue weighted by Gasteiger charge is -2.23.